The third-order valence-corrected chi connectivity index (χ3v) is 2.84. The summed E-state index contributed by atoms with van der Waals surface area (Å²) < 4.78 is 5.22. The van der Waals surface area contributed by atoms with E-state index < -0.39 is 0 Å². The Bertz CT molecular complexity index is 574. The fraction of sp³-hybridized carbons (Fsp3) is 0.133. The van der Waals surface area contributed by atoms with Crippen LogP contribution in [0.5, 0.6) is 5.75 Å². The maximum atomic E-state index is 12.2. The van der Waals surface area contributed by atoms with E-state index in [9.17, 15) is 4.79 Å². The zero-order valence-corrected chi connectivity index (χ0v) is 10.4. The van der Waals surface area contributed by atoms with Gasteiger partial charge in [-0.25, -0.2) is 0 Å². The molecule has 0 saturated heterocycles. The summed E-state index contributed by atoms with van der Waals surface area (Å²) in [5, 5.41) is 0. The van der Waals surface area contributed by atoms with Crippen LogP contribution in [0.15, 0.2) is 42.5 Å². The molecule has 0 aliphatic carbocycles. The highest BCUT2D eigenvalue weighted by atomic mass is 16.5. The largest absolute Gasteiger partial charge is 0.496 e. The number of rotatable bonds is 3. The Morgan fingerprint density at radius 1 is 1.06 bits per heavy atom. The molecule has 2 aromatic carbocycles. The van der Waals surface area contributed by atoms with Gasteiger partial charge in [-0.2, -0.15) is 0 Å². The number of carbonyl (C=O) groups is 1. The highest BCUT2D eigenvalue weighted by Crippen LogP contribution is 2.21. The van der Waals surface area contributed by atoms with Gasteiger partial charge in [0.1, 0.15) is 5.75 Å². The molecule has 0 bridgehead atoms. The number of ketones is 1. The number of hydrogen-bond acceptors (Lipinski definition) is 3. The first-order valence-electron chi connectivity index (χ1n) is 5.66. The molecule has 0 radical (unpaired) electrons. The maximum Gasteiger partial charge on any atom is 0.193 e. The highest BCUT2D eigenvalue weighted by Gasteiger charge is 2.10. The van der Waals surface area contributed by atoms with Crippen LogP contribution in [-0.4, -0.2) is 12.9 Å². The van der Waals surface area contributed by atoms with E-state index in [1.54, 1.807) is 43.5 Å². The first-order valence-corrected chi connectivity index (χ1v) is 5.66. The third-order valence-electron chi connectivity index (χ3n) is 2.84. The van der Waals surface area contributed by atoms with Crippen LogP contribution in [0.2, 0.25) is 0 Å². The van der Waals surface area contributed by atoms with Gasteiger partial charge in [0, 0.05) is 16.8 Å². The van der Waals surface area contributed by atoms with Crippen LogP contribution < -0.4 is 10.5 Å². The van der Waals surface area contributed by atoms with Crippen molar-refractivity contribution in [3.63, 3.8) is 0 Å². The maximum absolute atomic E-state index is 12.2. The lowest BCUT2D eigenvalue weighted by Gasteiger charge is -2.07. The summed E-state index contributed by atoms with van der Waals surface area (Å²) in [6, 6.07) is 12.3. The number of ether oxygens (including phenoxy) is 1. The van der Waals surface area contributed by atoms with Gasteiger partial charge in [-0.1, -0.05) is 12.1 Å². The number of nitrogen functional groups attached to an aromatic ring is 1. The Kier molecular flexibility index (Phi) is 3.33. The average Bonchev–Trinajstić information content (AvgIpc) is 2.39. The van der Waals surface area contributed by atoms with Gasteiger partial charge in [-0.05, 0) is 42.8 Å². The molecule has 0 aliphatic heterocycles. The molecule has 0 heterocycles. The Morgan fingerprint density at radius 2 is 1.67 bits per heavy atom. The zero-order chi connectivity index (χ0) is 13.1. The molecule has 0 unspecified atom stereocenters. The Labute approximate surface area is 106 Å². The van der Waals surface area contributed by atoms with Crippen molar-refractivity contribution in [1.82, 2.24) is 0 Å². The number of anilines is 1. The Morgan fingerprint density at radius 3 is 2.28 bits per heavy atom. The van der Waals surface area contributed by atoms with E-state index in [0.717, 1.165) is 11.3 Å². The molecular weight excluding hydrogens is 226 g/mol. The van der Waals surface area contributed by atoms with Crippen LogP contribution in [0, 0.1) is 6.92 Å². The smallest absolute Gasteiger partial charge is 0.193 e. The zero-order valence-electron chi connectivity index (χ0n) is 10.4. The van der Waals surface area contributed by atoms with Crippen molar-refractivity contribution >= 4 is 11.5 Å². The number of methoxy groups -OCH3 is 1. The molecule has 0 fully saturated rings. The van der Waals surface area contributed by atoms with Gasteiger partial charge in [0.2, 0.25) is 0 Å². The molecule has 2 aromatic rings. The quantitative estimate of drug-likeness (QED) is 0.664. The van der Waals surface area contributed by atoms with Crippen LogP contribution in [0.4, 0.5) is 5.69 Å². The minimum atomic E-state index is -0.0340. The van der Waals surface area contributed by atoms with E-state index >= 15 is 0 Å². The second kappa shape index (κ2) is 4.92. The Balaban J connectivity index is 2.37. The van der Waals surface area contributed by atoms with Crippen molar-refractivity contribution in [1.29, 1.82) is 0 Å². The minimum absolute atomic E-state index is 0.0340. The standard InChI is InChI=1S/C15H15NO2/c1-10-3-4-12(9-14(10)18-2)15(17)11-5-7-13(16)8-6-11/h3-9H,16H2,1-2H3. The monoisotopic (exact) mass is 241 g/mol. The minimum Gasteiger partial charge on any atom is -0.496 e. The summed E-state index contributed by atoms with van der Waals surface area (Å²) >= 11 is 0. The van der Waals surface area contributed by atoms with Crippen LogP contribution in [0.25, 0.3) is 0 Å². The van der Waals surface area contributed by atoms with Gasteiger partial charge < -0.3 is 10.5 Å². The van der Waals surface area contributed by atoms with Gasteiger partial charge in [-0.15, -0.1) is 0 Å². The SMILES string of the molecule is COc1cc(C(=O)c2ccc(N)cc2)ccc1C. The van der Waals surface area contributed by atoms with Crippen molar-refractivity contribution in [2.24, 2.45) is 0 Å². The second-order valence-electron chi connectivity index (χ2n) is 4.14. The van der Waals surface area contributed by atoms with Crippen LogP contribution >= 0.6 is 0 Å². The molecule has 3 nitrogen and oxygen atoms in total. The van der Waals surface area contributed by atoms with E-state index in [4.69, 9.17) is 10.5 Å². The molecule has 2 N–H and O–H groups in total. The van der Waals surface area contributed by atoms with Gasteiger partial charge >= 0.3 is 0 Å². The molecule has 0 saturated carbocycles. The van der Waals surface area contributed by atoms with E-state index in [2.05, 4.69) is 0 Å². The normalized spacial score (nSPS) is 10.1. The summed E-state index contributed by atoms with van der Waals surface area (Å²) in [6.45, 7) is 1.94. The summed E-state index contributed by atoms with van der Waals surface area (Å²) in [5.74, 6) is 0.685. The molecule has 0 aliphatic rings. The first-order chi connectivity index (χ1) is 8.61. The second-order valence-corrected chi connectivity index (χ2v) is 4.14. The van der Waals surface area contributed by atoms with Crippen molar-refractivity contribution < 1.29 is 9.53 Å². The van der Waals surface area contributed by atoms with E-state index in [0.29, 0.717) is 16.8 Å². The van der Waals surface area contributed by atoms with Gasteiger partial charge in [0.15, 0.2) is 5.78 Å². The number of carbonyl (C=O) groups excluding carboxylic acids is 1. The molecular formula is C15H15NO2. The van der Waals surface area contributed by atoms with Crippen molar-refractivity contribution in [3.8, 4) is 5.75 Å². The number of hydrogen-bond donors (Lipinski definition) is 1. The first kappa shape index (κ1) is 12.2. The van der Waals surface area contributed by atoms with Crippen molar-refractivity contribution in [2.45, 2.75) is 6.92 Å². The third kappa shape index (κ3) is 2.35. The molecule has 0 atom stereocenters. The van der Waals surface area contributed by atoms with Crippen LogP contribution in [0.3, 0.4) is 0 Å². The van der Waals surface area contributed by atoms with E-state index in [1.165, 1.54) is 0 Å². The predicted molar refractivity (Wildman–Crippen MR) is 72.0 cm³/mol. The number of nitrogens with two attached hydrogens (primary N) is 1. The van der Waals surface area contributed by atoms with Gasteiger partial charge in [0.05, 0.1) is 7.11 Å². The van der Waals surface area contributed by atoms with Gasteiger partial charge in [0.25, 0.3) is 0 Å². The summed E-state index contributed by atoms with van der Waals surface area (Å²) in [7, 11) is 1.60. The predicted octanol–water partition coefficient (Wildman–Crippen LogP) is 2.82. The molecule has 92 valence electrons. The van der Waals surface area contributed by atoms with Crippen LogP contribution in [0.1, 0.15) is 21.5 Å². The summed E-state index contributed by atoms with van der Waals surface area (Å²) in [6.07, 6.45) is 0. The lowest BCUT2D eigenvalue weighted by Crippen LogP contribution is -2.02. The molecule has 0 spiro atoms. The van der Waals surface area contributed by atoms with Crippen LogP contribution in [-0.2, 0) is 0 Å². The lowest BCUT2D eigenvalue weighted by molar-refractivity contribution is 0.103. The Hall–Kier alpha value is -2.29. The lowest BCUT2D eigenvalue weighted by atomic mass is 10.0. The topological polar surface area (TPSA) is 52.3 Å². The molecule has 18 heavy (non-hydrogen) atoms. The molecule has 2 rings (SSSR count). The van der Waals surface area contributed by atoms with Crippen molar-refractivity contribution in [2.75, 3.05) is 12.8 Å². The average molecular weight is 241 g/mol. The fourth-order valence-electron chi connectivity index (χ4n) is 1.76. The summed E-state index contributed by atoms with van der Waals surface area (Å²) in [5.41, 5.74) is 8.49. The number of benzene rings is 2. The van der Waals surface area contributed by atoms with Crippen molar-refractivity contribution in [3.05, 3.63) is 59.2 Å². The van der Waals surface area contributed by atoms with E-state index in [-0.39, 0.29) is 5.78 Å². The molecule has 0 amide bonds. The molecule has 0 aromatic heterocycles. The summed E-state index contributed by atoms with van der Waals surface area (Å²) in [4.78, 5) is 12.2. The molecule has 3 heteroatoms. The number of aryl methyl sites for hydroxylation is 1. The highest BCUT2D eigenvalue weighted by molar-refractivity contribution is 6.09. The van der Waals surface area contributed by atoms with E-state index in [1.807, 2.05) is 13.0 Å². The van der Waals surface area contributed by atoms with Gasteiger partial charge in [-0.3, -0.25) is 4.79 Å². The fourth-order valence-corrected chi connectivity index (χ4v) is 1.76.